The molecule has 1 amide bonds. The molecule has 5 heterocycles. The fourth-order valence-electron chi connectivity index (χ4n) is 3.46. The van der Waals surface area contributed by atoms with Crippen LogP contribution in [0.25, 0.3) is 22.3 Å². The number of aromatic nitrogens is 5. The number of carbonyl (C=O) groups is 1. The molecule has 1 aliphatic heterocycles. The van der Waals surface area contributed by atoms with Gasteiger partial charge >= 0.3 is 6.18 Å². The van der Waals surface area contributed by atoms with Gasteiger partial charge in [-0.05, 0) is 23.2 Å². The standard InChI is InChI=1S/C19H12ClF3N6OS/c20-16-15(18(30)28-2-1-10(7-28)13-6-26-31-9-13)27-17-14(19(21,22)23)3-11(8-29(16)17)12-4-24-25-5-12/h1,3-6,8-9H,2,7H2,(H,24,25). The molecule has 0 aliphatic carbocycles. The van der Waals surface area contributed by atoms with Gasteiger partial charge in [0.05, 0.1) is 11.8 Å². The number of halogens is 4. The van der Waals surface area contributed by atoms with Gasteiger partial charge < -0.3 is 4.90 Å². The number of alkyl halides is 3. The van der Waals surface area contributed by atoms with Crippen molar-refractivity contribution in [3.63, 3.8) is 0 Å². The average molecular weight is 465 g/mol. The van der Waals surface area contributed by atoms with E-state index < -0.39 is 23.3 Å². The molecule has 4 aromatic rings. The SMILES string of the molecule is O=C(c1nc2c(C(F)(F)F)cc(-c3cn[nH]c3)cn2c1Cl)N1CC=C(c2cnsc2)C1. The molecule has 0 spiro atoms. The molecule has 0 fully saturated rings. The van der Waals surface area contributed by atoms with Crippen molar-refractivity contribution in [1.82, 2.24) is 28.9 Å². The largest absolute Gasteiger partial charge is 0.420 e. The lowest BCUT2D eigenvalue weighted by Crippen LogP contribution is -2.29. The zero-order chi connectivity index (χ0) is 21.8. The van der Waals surface area contributed by atoms with Gasteiger partial charge in [0.15, 0.2) is 11.3 Å². The summed E-state index contributed by atoms with van der Waals surface area (Å²) in [5.74, 6) is -0.541. The van der Waals surface area contributed by atoms with Gasteiger partial charge in [-0.3, -0.25) is 14.3 Å². The number of amides is 1. The van der Waals surface area contributed by atoms with E-state index in [1.807, 2.05) is 11.5 Å². The highest BCUT2D eigenvalue weighted by Gasteiger charge is 2.37. The van der Waals surface area contributed by atoms with E-state index in [2.05, 4.69) is 19.6 Å². The molecule has 0 unspecified atom stereocenters. The van der Waals surface area contributed by atoms with E-state index in [9.17, 15) is 18.0 Å². The maximum atomic E-state index is 13.8. The summed E-state index contributed by atoms with van der Waals surface area (Å²) in [5.41, 5.74) is 0.865. The Kier molecular flexibility index (Phi) is 4.59. The second kappa shape index (κ2) is 7.20. The number of hydrogen-bond donors (Lipinski definition) is 1. The average Bonchev–Trinajstić information content (AvgIpc) is 3.53. The Morgan fingerprint density at radius 1 is 1.23 bits per heavy atom. The summed E-state index contributed by atoms with van der Waals surface area (Å²) in [5, 5.41) is 8.02. The summed E-state index contributed by atoms with van der Waals surface area (Å²) < 4.78 is 46.4. The molecule has 31 heavy (non-hydrogen) atoms. The molecular formula is C19H12ClF3N6OS. The number of rotatable bonds is 3. The van der Waals surface area contributed by atoms with Crippen molar-refractivity contribution in [2.75, 3.05) is 13.1 Å². The summed E-state index contributed by atoms with van der Waals surface area (Å²) in [6.45, 7) is 0.606. The first-order valence-corrected chi connectivity index (χ1v) is 10.2. The van der Waals surface area contributed by atoms with Gasteiger partial charge in [-0.1, -0.05) is 17.7 Å². The molecule has 1 aliphatic rings. The fraction of sp³-hybridized carbons (Fsp3) is 0.158. The summed E-state index contributed by atoms with van der Waals surface area (Å²) in [7, 11) is 0. The predicted octanol–water partition coefficient (Wildman–Crippen LogP) is 4.39. The molecule has 0 aromatic carbocycles. The number of H-pyrrole nitrogens is 1. The van der Waals surface area contributed by atoms with Crippen molar-refractivity contribution >= 4 is 40.3 Å². The topological polar surface area (TPSA) is 79.2 Å². The van der Waals surface area contributed by atoms with E-state index in [-0.39, 0.29) is 16.4 Å². The number of aromatic amines is 1. The van der Waals surface area contributed by atoms with Crippen molar-refractivity contribution in [2.24, 2.45) is 0 Å². The molecule has 0 bridgehead atoms. The van der Waals surface area contributed by atoms with Crippen LogP contribution in [0.15, 0.2) is 42.3 Å². The van der Waals surface area contributed by atoms with Crippen LogP contribution in [0.1, 0.15) is 21.6 Å². The van der Waals surface area contributed by atoms with Crippen LogP contribution in [-0.4, -0.2) is 47.9 Å². The molecule has 158 valence electrons. The van der Waals surface area contributed by atoms with Crippen molar-refractivity contribution in [3.05, 3.63) is 64.3 Å². The van der Waals surface area contributed by atoms with Gasteiger partial charge in [0, 0.05) is 53.8 Å². The molecule has 5 rings (SSSR count). The first-order valence-electron chi connectivity index (χ1n) is 8.99. The second-order valence-corrected chi connectivity index (χ2v) is 7.92. The highest BCUT2D eigenvalue weighted by atomic mass is 35.5. The van der Waals surface area contributed by atoms with Gasteiger partial charge in [-0.15, -0.1) is 0 Å². The number of imidazole rings is 1. The molecule has 12 heteroatoms. The summed E-state index contributed by atoms with van der Waals surface area (Å²) >= 11 is 7.66. The molecule has 0 atom stereocenters. The van der Waals surface area contributed by atoms with E-state index in [4.69, 9.17) is 11.6 Å². The molecule has 0 saturated carbocycles. The summed E-state index contributed by atoms with van der Waals surface area (Å²) in [4.78, 5) is 18.5. The summed E-state index contributed by atoms with van der Waals surface area (Å²) in [6, 6.07) is 0.969. The normalized spacial score (nSPS) is 14.5. The highest BCUT2D eigenvalue weighted by Crippen LogP contribution is 2.37. The van der Waals surface area contributed by atoms with E-state index in [1.165, 1.54) is 35.0 Å². The minimum absolute atomic E-state index is 0.179. The molecule has 7 nitrogen and oxygen atoms in total. The third-order valence-corrected chi connectivity index (χ3v) is 5.96. The van der Waals surface area contributed by atoms with E-state index in [1.54, 1.807) is 6.20 Å². The Labute approximate surface area is 181 Å². The van der Waals surface area contributed by atoms with Crippen molar-refractivity contribution in [1.29, 1.82) is 0 Å². The molecule has 0 saturated heterocycles. The highest BCUT2D eigenvalue weighted by molar-refractivity contribution is 7.03. The third-order valence-electron chi connectivity index (χ3n) is 5.01. The Bertz CT molecular complexity index is 1310. The maximum absolute atomic E-state index is 13.8. The van der Waals surface area contributed by atoms with Crippen LogP contribution in [0.5, 0.6) is 0 Å². The lowest BCUT2D eigenvalue weighted by molar-refractivity contribution is -0.136. The van der Waals surface area contributed by atoms with Crippen LogP contribution < -0.4 is 0 Å². The minimum atomic E-state index is -4.69. The van der Waals surface area contributed by atoms with Crippen molar-refractivity contribution < 1.29 is 18.0 Å². The summed E-state index contributed by atoms with van der Waals surface area (Å²) in [6.07, 6.45) is 3.17. The Hall–Kier alpha value is -3.18. The van der Waals surface area contributed by atoms with Gasteiger partial charge in [-0.2, -0.15) is 18.3 Å². The van der Waals surface area contributed by atoms with Crippen LogP contribution >= 0.6 is 23.1 Å². The number of nitrogens with zero attached hydrogens (tertiary/aromatic N) is 5. The number of nitrogens with one attached hydrogen (secondary N) is 1. The minimum Gasteiger partial charge on any atom is -0.329 e. The lowest BCUT2D eigenvalue weighted by atomic mass is 10.1. The van der Waals surface area contributed by atoms with Gasteiger partial charge in [0.25, 0.3) is 5.91 Å². The van der Waals surface area contributed by atoms with E-state index in [0.717, 1.165) is 21.6 Å². The molecule has 0 radical (unpaired) electrons. The van der Waals surface area contributed by atoms with Crippen LogP contribution in [-0.2, 0) is 6.18 Å². The monoisotopic (exact) mass is 464 g/mol. The van der Waals surface area contributed by atoms with Gasteiger partial charge in [-0.25, -0.2) is 9.36 Å². The molecule has 4 aromatic heterocycles. The fourth-order valence-corrected chi connectivity index (χ4v) is 4.27. The zero-order valence-electron chi connectivity index (χ0n) is 15.5. The van der Waals surface area contributed by atoms with Crippen molar-refractivity contribution in [3.8, 4) is 11.1 Å². The predicted molar refractivity (Wildman–Crippen MR) is 109 cm³/mol. The number of hydrogen-bond acceptors (Lipinski definition) is 5. The van der Waals surface area contributed by atoms with Gasteiger partial charge in [0.1, 0.15) is 5.15 Å². The Balaban J connectivity index is 1.56. The Morgan fingerprint density at radius 2 is 2.06 bits per heavy atom. The van der Waals surface area contributed by atoms with Crippen molar-refractivity contribution in [2.45, 2.75) is 6.18 Å². The first kappa shape index (κ1) is 19.8. The number of fused-ring (bicyclic) bond motifs is 1. The maximum Gasteiger partial charge on any atom is 0.420 e. The van der Waals surface area contributed by atoms with Crippen LogP contribution in [0.3, 0.4) is 0 Å². The Morgan fingerprint density at radius 3 is 2.74 bits per heavy atom. The van der Waals surface area contributed by atoms with Crippen LogP contribution in [0.4, 0.5) is 13.2 Å². The first-order chi connectivity index (χ1) is 14.8. The lowest BCUT2D eigenvalue weighted by Gasteiger charge is -2.15. The second-order valence-electron chi connectivity index (χ2n) is 6.90. The number of pyridine rings is 1. The molecular weight excluding hydrogens is 453 g/mol. The smallest absolute Gasteiger partial charge is 0.329 e. The van der Waals surface area contributed by atoms with Gasteiger partial charge in [0.2, 0.25) is 0 Å². The third kappa shape index (κ3) is 3.39. The molecule has 1 N–H and O–H groups in total. The van der Waals surface area contributed by atoms with E-state index >= 15 is 0 Å². The van der Waals surface area contributed by atoms with E-state index in [0.29, 0.717) is 18.7 Å². The zero-order valence-corrected chi connectivity index (χ0v) is 17.1. The number of carbonyl (C=O) groups excluding carboxylic acids is 1. The van der Waals surface area contributed by atoms with Crippen LogP contribution in [0, 0.1) is 0 Å². The quantitative estimate of drug-likeness (QED) is 0.487. The van der Waals surface area contributed by atoms with Crippen LogP contribution in [0.2, 0.25) is 5.15 Å².